The molecular weight excluding hydrogens is 443 g/mol. The van der Waals surface area contributed by atoms with Crippen LogP contribution in [0.5, 0.6) is 11.5 Å². The molecule has 1 aliphatic heterocycles. The van der Waals surface area contributed by atoms with Crippen LogP contribution in [0, 0.1) is 5.21 Å². The molecule has 158 valence electrons. The Hall–Kier alpha value is -2.49. The molecule has 3 aromatic rings. The number of aromatic nitrogens is 3. The van der Waals surface area contributed by atoms with Crippen molar-refractivity contribution in [2.24, 2.45) is 0 Å². The predicted molar refractivity (Wildman–Crippen MR) is 104 cm³/mol. The zero-order valence-corrected chi connectivity index (χ0v) is 16.9. The Morgan fingerprint density at radius 2 is 2.00 bits per heavy atom. The molecule has 0 saturated carbocycles. The van der Waals surface area contributed by atoms with Gasteiger partial charge < -0.3 is 19.4 Å². The number of pyridine rings is 1. The Morgan fingerprint density at radius 1 is 1.23 bits per heavy atom. The fourth-order valence-corrected chi connectivity index (χ4v) is 3.76. The number of nitrogens with zero attached hydrogens (tertiary/aromatic N) is 3. The first-order chi connectivity index (χ1) is 14.4. The van der Waals surface area contributed by atoms with Gasteiger partial charge in [-0.1, -0.05) is 28.0 Å². The summed E-state index contributed by atoms with van der Waals surface area (Å²) in [6.45, 7) is -2.25. The van der Waals surface area contributed by atoms with Gasteiger partial charge in [0.2, 0.25) is 6.20 Å². The number of hydrogen-bond acceptors (Lipinski definition) is 6. The van der Waals surface area contributed by atoms with Gasteiger partial charge in [-0.05, 0) is 17.7 Å². The summed E-state index contributed by atoms with van der Waals surface area (Å²) >= 11 is 12.4. The van der Waals surface area contributed by atoms with Crippen molar-refractivity contribution < 1.29 is 27.8 Å². The van der Waals surface area contributed by atoms with E-state index in [2.05, 4.69) is 14.8 Å². The molecule has 1 saturated heterocycles. The van der Waals surface area contributed by atoms with Gasteiger partial charge in [0.1, 0.15) is 11.8 Å². The van der Waals surface area contributed by atoms with E-state index in [9.17, 15) is 14.0 Å². The number of hydrogen-bond donors (Lipinski definition) is 0. The standard InChI is InChI=1S/C19H15Cl2F2N3O4/c20-14-6-24-7-15(21)12(14)5-16-11-1-2-17(30-19(22)23)18(13(11)8-26(27)25-16)29-10-3-4-28-9-10/h1-2,6-8,10,19H,3-5,9H2. The molecule has 0 aliphatic carbocycles. The highest BCUT2D eigenvalue weighted by Crippen LogP contribution is 2.39. The first-order valence-corrected chi connectivity index (χ1v) is 9.71. The second kappa shape index (κ2) is 8.71. The fraction of sp³-hybridized carbons (Fsp3) is 0.316. The molecular formula is C19H15Cl2F2N3O4. The average Bonchev–Trinajstić information content (AvgIpc) is 3.19. The second-order valence-corrected chi connectivity index (χ2v) is 7.39. The van der Waals surface area contributed by atoms with Gasteiger partial charge in [0.25, 0.3) is 0 Å². The van der Waals surface area contributed by atoms with Gasteiger partial charge in [0.05, 0.1) is 28.6 Å². The van der Waals surface area contributed by atoms with Crippen LogP contribution in [0.25, 0.3) is 10.8 Å². The minimum absolute atomic E-state index is 0.0310. The maximum absolute atomic E-state index is 12.9. The van der Waals surface area contributed by atoms with Crippen molar-refractivity contribution in [2.75, 3.05) is 13.2 Å². The Labute approximate surface area is 179 Å². The lowest BCUT2D eigenvalue weighted by molar-refractivity contribution is -0.668. The lowest BCUT2D eigenvalue weighted by Crippen LogP contribution is -2.32. The molecule has 11 heteroatoms. The molecule has 1 atom stereocenters. The van der Waals surface area contributed by atoms with Crippen LogP contribution in [0.4, 0.5) is 8.78 Å². The van der Waals surface area contributed by atoms with E-state index in [0.29, 0.717) is 51.2 Å². The molecule has 0 radical (unpaired) electrons. The van der Waals surface area contributed by atoms with Crippen LogP contribution in [-0.2, 0) is 11.2 Å². The monoisotopic (exact) mass is 457 g/mol. The number of ether oxygens (including phenoxy) is 3. The molecule has 0 bridgehead atoms. The van der Waals surface area contributed by atoms with Gasteiger partial charge in [-0.2, -0.15) is 8.78 Å². The maximum atomic E-state index is 12.9. The van der Waals surface area contributed by atoms with Crippen LogP contribution in [-0.4, -0.2) is 36.0 Å². The summed E-state index contributed by atoms with van der Waals surface area (Å²) in [5.74, 6) is -0.148. The number of alkyl halides is 2. The van der Waals surface area contributed by atoms with Crippen LogP contribution in [0.2, 0.25) is 10.0 Å². The lowest BCUT2D eigenvalue weighted by atomic mass is 10.0. The van der Waals surface area contributed by atoms with Crippen LogP contribution >= 0.6 is 23.2 Å². The predicted octanol–water partition coefficient (Wildman–Crippen LogP) is 3.93. The van der Waals surface area contributed by atoms with Crippen molar-refractivity contribution in [2.45, 2.75) is 25.6 Å². The number of halogens is 4. The highest BCUT2D eigenvalue weighted by Gasteiger charge is 2.25. The molecule has 1 aromatic carbocycles. The van der Waals surface area contributed by atoms with Crippen LogP contribution in [0.15, 0.2) is 30.7 Å². The highest BCUT2D eigenvalue weighted by atomic mass is 35.5. The first kappa shape index (κ1) is 20.8. The van der Waals surface area contributed by atoms with Crippen molar-refractivity contribution in [3.8, 4) is 11.5 Å². The summed E-state index contributed by atoms with van der Waals surface area (Å²) in [4.78, 5) is 4.24. The molecule has 1 unspecified atom stereocenters. The number of fused-ring (bicyclic) bond motifs is 1. The van der Waals surface area contributed by atoms with Crippen molar-refractivity contribution in [3.05, 3.63) is 57.2 Å². The van der Waals surface area contributed by atoms with E-state index in [1.54, 1.807) is 0 Å². The summed E-state index contributed by atoms with van der Waals surface area (Å²) in [6.07, 6.45) is 4.38. The van der Waals surface area contributed by atoms with Gasteiger partial charge in [-0.3, -0.25) is 4.98 Å². The minimum atomic E-state index is -3.06. The van der Waals surface area contributed by atoms with E-state index in [1.807, 2.05) is 0 Å². The summed E-state index contributed by atoms with van der Waals surface area (Å²) in [5, 5.41) is 17.7. The topological polar surface area (TPSA) is 80.4 Å². The van der Waals surface area contributed by atoms with E-state index in [1.165, 1.54) is 24.5 Å². The summed E-state index contributed by atoms with van der Waals surface area (Å²) in [7, 11) is 0. The summed E-state index contributed by atoms with van der Waals surface area (Å²) < 4.78 is 41.7. The minimum Gasteiger partial charge on any atom is -0.594 e. The summed E-state index contributed by atoms with van der Waals surface area (Å²) in [6, 6.07) is 2.89. The normalized spacial score (nSPS) is 16.4. The van der Waals surface area contributed by atoms with E-state index in [-0.39, 0.29) is 29.4 Å². The van der Waals surface area contributed by atoms with E-state index in [4.69, 9.17) is 32.7 Å². The smallest absolute Gasteiger partial charge is 0.387 e. The number of benzene rings is 1. The molecule has 1 fully saturated rings. The third-order valence-electron chi connectivity index (χ3n) is 4.61. The molecule has 30 heavy (non-hydrogen) atoms. The van der Waals surface area contributed by atoms with Crippen molar-refractivity contribution in [3.63, 3.8) is 0 Å². The third kappa shape index (κ3) is 4.33. The van der Waals surface area contributed by atoms with Crippen molar-refractivity contribution >= 4 is 34.0 Å². The van der Waals surface area contributed by atoms with Gasteiger partial charge in [0.15, 0.2) is 11.5 Å². The van der Waals surface area contributed by atoms with Crippen LogP contribution < -0.4 is 14.3 Å². The second-order valence-electron chi connectivity index (χ2n) is 6.57. The number of rotatable bonds is 6. The van der Waals surface area contributed by atoms with E-state index in [0.717, 1.165) is 6.20 Å². The maximum Gasteiger partial charge on any atom is 0.387 e. The Balaban J connectivity index is 1.84. The molecule has 0 amide bonds. The quantitative estimate of drug-likeness (QED) is 0.412. The van der Waals surface area contributed by atoms with E-state index < -0.39 is 6.61 Å². The zero-order chi connectivity index (χ0) is 21.3. The van der Waals surface area contributed by atoms with Crippen molar-refractivity contribution in [1.29, 1.82) is 0 Å². The largest absolute Gasteiger partial charge is 0.594 e. The van der Waals surface area contributed by atoms with Crippen molar-refractivity contribution in [1.82, 2.24) is 10.1 Å². The third-order valence-corrected chi connectivity index (χ3v) is 5.27. The van der Waals surface area contributed by atoms with Crippen LogP contribution in [0.3, 0.4) is 0 Å². The SMILES string of the molecule is [O-][n+]1cc2c(OC3CCOC3)c(OC(F)F)ccc2c(Cc2c(Cl)cncc2Cl)n1. The molecule has 3 heterocycles. The average molecular weight is 458 g/mol. The molecule has 2 aromatic heterocycles. The van der Waals surface area contributed by atoms with E-state index >= 15 is 0 Å². The van der Waals surface area contributed by atoms with Gasteiger partial charge in [0, 0.05) is 35.7 Å². The lowest BCUT2D eigenvalue weighted by Gasteiger charge is -2.18. The zero-order valence-electron chi connectivity index (χ0n) is 15.4. The Kier molecular flexibility index (Phi) is 6.03. The molecule has 1 aliphatic rings. The molecule has 0 N–H and O–H groups in total. The van der Waals surface area contributed by atoms with Gasteiger partial charge >= 0.3 is 6.61 Å². The van der Waals surface area contributed by atoms with Gasteiger partial charge in [-0.15, -0.1) is 0 Å². The Morgan fingerprint density at radius 3 is 2.67 bits per heavy atom. The Bertz CT molecular complexity index is 1060. The molecule has 7 nitrogen and oxygen atoms in total. The fourth-order valence-electron chi connectivity index (χ4n) is 3.26. The highest BCUT2D eigenvalue weighted by molar-refractivity contribution is 6.35. The first-order valence-electron chi connectivity index (χ1n) is 8.95. The van der Waals surface area contributed by atoms with Crippen LogP contribution in [0.1, 0.15) is 17.7 Å². The summed E-state index contributed by atoms with van der Waals surface area (Å²) in [5.41, 5.74) is 0.876. The molecule has 4 rings (SSSR count). The van der Waals surface area contributed by atoms with Gasteiger partial charge in [-0.25, -0.2) is 0 Å². The molecule has 0 spiro atoms.